The van der Waals surface area contributed by atoms with E-state index in [1.165, 1.54) is 36.4 Å². The van der Waals surface area contributed by atoms with Crippen molar-refractivity contribution in [1.82, 2.24) is 19.9 Å². The summed E-state index contributed by atoms with van der Waals surface area (Å²) >= 11 is 0. The molecule has 0 radical (unpaired) electrons. The third kappa shape index (κ3) is 6.11. The molecule has 0 bridgehead atoms. The molecule has 1 saturated carbocycles. The van der Waals surface area contributed by atoms with Gasteiger partial charge < -0.3 is 15.2 Å². The lowest BCUT2D eigenvalue weighted by Gasteiger charge is -2.32. The monoisotopic (exact) mass is 540 g/mol. The van der Waals surface area contributed by atoms with Crippen LogP contribution in [0.25, 0.3) is 22.3 Å². The van der Waals surface area contributed by atoms with Crippen molar-refractivity contribution in [3.8, 4) is 11.3 Å². The summed E-state index contributed by atoms with van der Waals surface area (Å²) in [7, 11) is 0.302. The number of hydrogen-bond donors (Lipinski definition) is 3. The van der Waals surface area contributed by atoms with Crippen LogP contribution in [0.3, 0.4) is 0 Å². The first-order chi connectivity index (χ1) is 18.1. The Morgan fingerprint density at radius 2 is 1.76 bits per heavy atom. The molecule has 0 amide bonds. The number of halogens is 2. The van der Waals surface area contributed by atoms with Crippen LogP contribution in [0.4, 0.5) is 20.4 Å². The quantitative estimate of drug-likeness (QED) is 0.286. The van der Waals surface area contributed by atoms with Crippen LogP contribution in [-0.2, 0) is 15.8 Å². The fourth-order valence-corrected chi connectivity index (χ4v) is 6.03. The first kappa shape index (κ1) is 26.1. The number of rotatable bonds is 8. The number of aromatic amines is 1. The Morgan fingerprint density at radius 1 is 1.03 bits per heavy atom. The van der Waals surface area contributed by atoms with Crippen LogP contribution in [0.15, 0.2) is 54.7 Å². The number of sulfonamides is 1. The molecule has 3 N–H and O–H groups in total. The maximum absolute atomic E-state index is 14.5. The molecule has 0 atom stereocenters. The molecule has 11 heteroatoms. The van der Waals surface area contributed by atoms with E-state index in [1.54, 1.807) is 12.3 Å². The largest absolute Gasteiger partial charge is 0.351 e. The number of anilines is 2. The van der Waals surface area contributed by atoms with Gasteiger partial charge in [-0.3, -0.25) is 4.72 Å². The van der Waals surface area contributed by atoms with Crippen LogP contribution < -0.4 is 10.0 Å². The topological polar surface area (TPSA) is 103 Å². The van der Waals surface area contributed by atoms with E-state index in [2.05, 4.69) is 44.0 Å². The van der Waals surface area contributed by atoms with Gasteiger partial charge in [-0.15, -0.1) is 0 Å². The van der Waals surface area contributed by atoms with Crippen molar-refractivity contribution in [1.29, 1.82) is 0 Å². The summed E-state index contributed by atoms with van der Waals surface area (Å²) in [5, 5.41) is 4.22. The van der Waals surface area contributed by atoms with Crippen LogP contribution >= 0.6 is 0 Å². The third-order valence-electron chi connectivity index (χ3n) is 6.94. The summed E-state index contributed by atoms with van der Waals surface area (Å²) in [4.78, 5) is 14.6. The molecule has 0 spiro atoms. The number of aromatic nitrogens is 3. The molecule has 1 aliphatic carbocycles. The predicted molar refractivity (Wildman–Crippen MR) is 145 cm³/mol. The van der Waals surface area contributed by atoms with E-state index in [4.69, 9.17) is 0 Å². The van der Waals surface area contributed by atoms with E-state index in [-0.39, 0.29) is 5.69 Å². The molecule has 2 aromatic heterocycles. The van der Waals surface area contributed by atoms with Gasteiger partial charge in [0.25, 0.3) is 0 Å². The molecule has 2 aromatic carbocycles. The number of nitrogens with zero attached hydrogens (tertiary/aromatic N) is 3. The molecule has 1 fully saturated rings. The fraction of sp³-hybridized carbons (Fsp3) is 0.333. The summed E-state index contributed by atoms with van der Waals surface area (Å²) in [6, 6.07) is 12.1. The molecular weight excluding hydrogens is 510 g/mol. The van der Waals surface area contributed by atoms with E-state index < -0.39 is 27.4 Å². The van der Waals surface area contributed by atoms with E-state index in [1.807, 2.05) is 6.07 Å². The minimum absolute atomic E-state index is 0.176. The van der Waals surface area contributed by atoms with Gasteiger partial charge in [0.15, 0.2) is 0 Å². The van der Waals surface area contributed by atoms with Crippen LogP contribution in [0.2, 0.25) is 0 Å². The fourth-order valence-electron chi connectivity index (χ4n) is 4.83. The molecule has 1 aliphatic rings. The molecule has 8 nitrogen and oxygen atoms in total. The number of hydrogen-bond acceptors (Lipinski definition) is 6. The van der Waals surface area contributed by atoms with Gasteiger partial charge in [0, 0.05) is 34.9 Å². The first-order valence-electron chi connectivity index (χ1n) is 12.5. The summed E-state index contributed by atoms with van der Waals surface area (Å²) in [6.45, 7) is 0. The van der Waals surface area contributed by atoms with Gasteiger partial charge >= 0.3 is 0 Å². The third-order valence-corrected chi connectivity index (χ3v) is 8.19. The molecular formula is C27H30F2N6O2S. The molecule has 0 unspecified atom stereocenters. The molecule has 2 heterocycles. The summed E-state index contributed by atoms with van der Waals surface area (Å²) in [5.74, 6) is -1.03. The average molecular weight is 541 g/mol. The Balaban J connectivity index is 1.31. The summed E-state index contributed by atoms with van der Waals surface area (Å²) in [6.07, 6.45) is 6.08. The maximum Gasteiger partial charge on any atom is 0.237 e. The first-order valence-corrected chi connectivity index (χ1v) is 14.1. The highest BCUT2D eigenvalue weighted by Gasteiger charge is 2.23. The number of nitrogens with one attached hydrogen (secondary N) is 3. The second-order valence-electron chi connectivity index (χ2n) is 9.98. The Labute approximate surface area is 220 Å². The van der Waals surface area contributed by atoms with Crippen molar-refractivity contribution in [3.05, 3.63) is 71.9 Å². The van der Waals surface area contributed by atoms with Crippen LogP contribution in [-0.4, -0.2) is 54.4 Å². The number of H-pyrrole nitrogens is 1. The lowest BCUT2D eigenvalue weighted by molar-refractivity contribution is 0.221. The highest BCUT2D eigenvalue weighted by Crippen LogP contribution is 2.29. The van der Waals surface area contributed by atoms with Gasteiger partial charge in [-0.2, -0.15) is 4.98 Å². The van der Waals surface area contributed by atoms with Gasteiger partial charge in [0.05, 0.1) is 11.4 Å². The van der Waals surface area contributed by atoms with Crippen molar-refractivity contribution in [3.63, 3.8) is 0 Å². The van der Waals surface area contributed by atoms with E-state index in [9.17, 15) is 17.2 Å². The molecule has 0 aliphatic heterocycles. The van der Waals surface area contributed by atoms with Crippen LogP contribution in [0, 0.1) is 11.6 Å². The van der Waals surface area contributed by atoms with E-state index >= 15 is 0 Å². The smallest absolute Gasteiger partial charge is 0.237 e. The van der Waals surface area contributed by atoms with Crippen molar-refractivity contribution >= 4 is 32.7 Å². The van der Waals surface area contributed by atoms with Crippen molar-refractivity contribution in [2.75, 3.05) is 24.1 Å². The second-order valence-corrected chi connectivity index (χ2v) is 11.7. The zero-order chi connectivity index (χ0) is 26.9. The molecule has 38 heavy (non-hydrogen) atoms. The van der Waals surface area contributed by atoms with Crippen molar-refractivity contribution < 1.29 is 17.2 Å². The Bertz CT molecular complexity index is 1530. The standard InChI is InChI=1S/C27H30F2N6O2S/c1-35(2)22-10-8-21(9-11-22)31-27-30-15-19-14-24(32-26(19)33-27)18-5-12-23(29)25(13-18)34-38(36,37)16-17-3-6-20(28)7-4-17/h3-7,12-15,21-22,34H,8-11,16H2,1-2H3,(H2,30,31,32,33). The highest BCUT2D eigenvalue weighted by atomic mass is 32.2. The second kappa shape index (κ2) is 10.7. The van der Waals surface area contributed by atoms with E-state index in [0.29, 0.717) is 40.5 Å². The van der Waals surface area contributed by atoms with Gasteiger partial charge in [-0.05, 0) is 81.7 Å². The molecule has 5 rings (SSSR count). The molecule has 0 saturated heterocycles. The summed E-state index contributed by atoms with van der Waals surface area (Å²) in [5.41, 5.74) is 2.07. The van der Waals surface area contributed by atoms with Gasteiger partial charge in [-0.25, -0.2) is 22.2 Å². The summed E-state index contributed by atoms with van der Waals surface area (Å²) < 4.78 is 55.3. The molecule has 4 aromatic rings. The molecule has 200 valence electrons. The van der Waals surface area contributed by atoms with Crippen LogP contribution in [0.1, 0.15) is 31.2 Å². The van der Waals surface area contributed by atoms with Gasteiger partial charge in [-0.1, -0.05) is 12.1 Å². The van der Waals surface area contributed by atoms with Crippen LogP contribution in [0.5, 0.6) is 0 Å². The Kier molecular flexibility index (Phi) is 7.31. The van der Waals surface area contributed by atoms with Gasteiger partial charge in [0.1, 0.15) is 17.3 Å². The number of benzene rings is 2. The Hall–Kier alpha value is -3.57. The lowest BCUT2D eigenvalue weighted by Crippen LogP contribution is -2.36. The highest BCUT2D eigenvalue weighted by molar-refractivity contribution is 7.91. The lowest BCUT2D eigenvalue weighted by atomic mass is 9.91. The zero-order valence-electron chi connectivity index (χ0n) is 21.2. The van der Waals surface area contributed by atoms with Crippen molar-refractivity contribution in [2.24, 2.45) is 0 Å². The zero-order valence-corrected chi connectivity index (χ0v) is 22.0. The van der Waals surface area contributed by atoms with Crippen molar-refractivity contribution in [2.45, 2.75) is 43.5 Å². The predicted octanol–water partition coefficient (Wildman–Crippen LogP) is 5.13. The average Bonchev–Trinajstić information content (AvgIpc) is 3.30. The van der Waals surface area contributed by atoms with Gasteiger partial charge in [0.2, 0.25) is 16.0 Å². The normalized spacial score (nSPS) is 18.1. The Morgan fingerprint density at radius 3 is 2.47 bits per heavy atom. The minimum atomic E-state index is -3.93. The minimum Gasteiger partial charge on any atom is -0.351 e. The maximum atomic E-state index is 14.5. The number of fused-ring (bicyclic) bond motifs is 1. The SMILES string of the molecule is CN(C)C1CCC(Nc2ncc3cc(-c4ccc(F)c(NS(=O)(=O)Cc5ccc(F)cc5)c4)[nH]c3n2)CC1. The van der Waals surface area contributed by atoms with E-state index in [0.717, 1.165) is 31.1 Å².